The largest absolute Gasteiger partial charge is 0.398 e. The van der Waals surface area contributed by atoms with Gasteiger partial charge in [-0.25, -0.2) is 0 Å². The van der Waals surface area contributed by atoms with E-state index in [0.717, 1.165) is 11.3 Å². The van der Waals surface area contributed by atoms with Gasteiger partial charge in [0, 0.05) is 15.3 Å². The lowest BCUT2D eigenvalue weighted by atomic mass is 10.0. The summed E-state index contributed by atoms with van der Waals surface area (Å²) >= 11 is 2.29. The number of nitrogen functional groups attached to an aromatic ring is 1. The van der Waals surface area contributed by atoms with Gasteiger partial charge < -0.3 is 11.5 Å². The predicted octanol–water partition coefficient (Wildman–Crippen LogP) is 2.28. The quantitative estimate of drug-likeness (QED) is 0.648. The minimum atomic E-state index is 0.148. The van der Waals surface area contributed by atoms with Crippen LogP contribution in [0.1, 0.15) is 24.4 Å². The first kappa shape index (κ1) is 9.27. The molecule has 1 aliphatic rings. The molecule has 1 aromatic carbocycles. The molecule has 1 atom stereocenters. The summed E-state index contributed by atoms with van der Waals surface area (Å²) in [5.74, 6) is 0.667. The molecule has 4 N–H and O–H groups in total. The van der Waals surface area contributed by atoms with Crippen LogP contribution in [-0.2, 0) is 0 Å². The third-order valence-corrected chi connectivity index (χ3v) is 3.21. The molecule has 1 saturated carbocycles. The van der Waals surface area contributed by atoms with Crippen molar-refractivity contribution in [3.8, 4) is 0 Å². The number of nitrogens with two attached hydrogens (primary N) is 2. The van der Waals surface area contributed by atoms with Gasteiger partial charge in [0.25, 0.3) is 0 Å². The Morgan fingerprint density at radius 3 is 2.69 bits per heavy atom. The van der Waals surface area contributed by atoms with Crippen LogP contribution in [0.5, 0.6) is 0 Å². The molecule has 70 valence electrons. The summed E-state index contributed by atoms with van der Waals surface area (Å²) in [6.45, 7) is 0. The summed E-state index contributed by atoms with van der Waals surface area (Å²) < 4.78 is 1.21. The molecule has 0 spiro atoms. The molecule has 0 heterocycles. The van der Waals surface area contributed by atoms with E-state index >= 15 is 0 Å². The van der Waals surface area contributed by atoms with Crippen molar-refractivity contribution in [2.75, 3.05) is 5.73 Å². The van der Waals surface area contributed by atoms with Gasteiger partial charge >= 0.3 is 0 Å². The van der Waals surface area contributed by atoms with Gasteiger partial charge in [0.2, 0.25) is 0 Å². The van der Waals surface area contributed by atoms with Crippen molar-refractivity contribution in [1.29, 1.82) is 0 Å². The zero-order valence-corrected chi connectivity index (χ0v) is 9.49. The molecule has 0 amide bonds. The molecule has 2 nitrogen and oxygen atoms in total. The highest BCUT2D eigenvalue weighted by molar-refractivity contribution is 14.1. The Balaban J connectivity index is 2.31. The third kappa shape index (κ3) is 1.96. The molecule has 2 rings (SSSR count). The minimum absolute atomic E-state index is 0.148. The second-order valence-electron chi connectivity index (χ2n) is 3.64. The van der Waals surface area contributed by atoms with Crippen molar-refractivity contribution < 1.29 is 0 Å². The molecule has 0 aliphatic heterocycles. The zero-order chi connectivity index (χ0) is 9.42. The summed E-state index contributed by atoms with van der Waals surface area (Å²) in [5, 5.41) is 0. The van der Waals surface area contributed by atoms with Crippen molar-refractivity contribution >= 4 is 28.3 Å². The zero-order valence-electron chi connectivity index (χ0n) is 7.33. The van der Waals surface area contributed by atoms with Crippen LogP contribution in [0.25, 0.3) is 0 Å². The third-order valence-electron chi connectivity index (χ3n) is 2.54. The molecule has 1 aromatic rings. The molecule has 0 unspecified atom stereocenters. The van der Waals surface area contributed by atoms with Crippen molar-refractivity contribution in [1.82, 2.24) is 0 Å². The highest BCUT2D eigenvalue weighted by Gasteiger charge is 2.30. The number of hydrogen-bond acceptors (Lipinski definition) is 2. The van der Waals surface area contributed by atoms with Gasteiger partial charge in [0.05, 0.1) is 0 Å². The van der Waals surface area contributed by atoms with E-state index in [4.69, 9.17) is 11.5 Å². The smallest absolute Gasteiger partial charge is 0.0363 e. The number of anilines is 1. The molecule has 0 radical (unpaired) electrons. The number of rotatable bonds is 2. The first-order valence-corrected chi connectivity index (χ1v) is 5.57. The van der Waals surface area contributed by atoms with Crippen LogP contribution >= 0.6 is 22.6 Å². The maximum Gasteiger partial charge on any atom is 0.0363 e. The fraction of sp³-hybridized carbons (Fsp3) is 0.400. The number of halogens is 1. The molecule has 0 bridgehead atoms. The average molecular weight is 288 g/mol. The van der Waals surface area contributed by atoms with E-state index < -0.39 is 0 Å². The van der Waals surface area contributed by atoms with Crippen LogP contribution in [-0.4, -0.2) is 0 Å². The minimum Gasteiger partial charge on any atom is -0.398 e. The van der Waals surface area contributed by atoms with E-state index in [2.05, 4.69) is 28.7 Å². The van der Waals surface area contributed by atoms with Gasteiger partial charge in [0.15, 0.2) is 0 Å². The predicted molar refractivity (Wildman–Crippen MR) is 63.2 cm³/mol. The van der Waals surface area contributed by atoms with Gasteiger partial charge in [-0.2, -0.15) is 0 Å². The Labute approximate surface area is 91.8 Å². The highest BCUT2D eigenvalue weighted by Crippen LogP contribution is 2.41. The van der Waals surface area contributed by atoms with Crippen LogP contribution in [0.2, 0.25) is 0 Å². The van der Waals surface area contributed by atoms with Crippen molar-refractivity contribution in [2.45, 2.75) is 18.9 Å². The molecule has 13 heavy (non-hydrogen) atoms. The molecule has 1 aliphatic carbocycles. The van der Waals surface area contributed by atoms with Crippen molar-refractivity contribution in [3.63, 3.8) is 0 Å². The van der Waals surface area contributed by atoms with Crippen LogP contribution in [0.15, 0.2) is 18.2 Å². The summed E-state index contributed by atoms with van der Waals surface area (Å²) in [5.41, 5.74) is 13.9. The first-order valence-electron chi connectivity index (χ1n) is 4.49. The second-order valence-corrected chi connectivity index (χ2v) is 4.88. The van der Waals surface area contributed by atoms with Gasteiger partial charge in [-0.15, -0.1) is 0 Å². The topological polar surface area (TPSA) is 52.0 Å². The van der Waals surface area contributed by atoms with Crippen LogP contribution in [0.3, 0.4) is 0 Å². The second kappa shape index (κ2) is 3.46. The van der Waals surface area contributed by atoms with Gasteiger partial charge in [-0.05, 0) is 65.1 Å². The fourth-order valence-corrected chi connectivity index (χ4v) is 2.06. The fourth-order valence-electron chi connectivity index (χ4n) is 1.54. The SMILES string of the molecule is Nc1ccc(I)cc1[C@H](N)C1CC1. The average Bonchev–Trinajstić information content (AvgIpc) is 2.91. The van der Waals surface area contributed by atoms with E-state index in [1.165, 1.54) is 16.4 Å². The summed E-state index contributed by atoms with van der Waals surface area (Å²) in [4.78, 5) is 0. The normalized spacial score (nSPS) is 18.6. The molecule has 3 heteroatoms. The Bertz CT molecular complexity index is 321. The van der Waals surface area contributed by atoms with Gasteiger partial charge in [0.1, 0.15) is 0 Å². The standard InChI is InChI=1S/C10H13IN2/c11-7-3-4-9(12)8(5-7)10(13)6-1-2-6/h3-6,10H,1-2,12-13H2/t10-/m1/s1. The molecule has 0 saturated heterocycles. The molecule has 1 fully saturated rings. The number of hydrogen-bond donors (Lipinski definition) is 2. The lowest BCUT2D eigenvalue weighted by Gasteiger charge is -2.13. The molecule has 0 aromatic heterocycles. The van der Waals surface area contributed by atoms with Crippen LogP contribution in [0.4, 0.5) is 5.69 Å². The van der Waals surface area contributed by atoms with E-state index in [0.29, 0.717) is 5.92 Å². The summed E-state index contributed by atoms with van der Waals surface area (Å²) in [6, 6.07) is 6.20. The van der Waals surface area contributed by atoms with Crippen molar-refractivity contribution in [3.05, 3.63) is 27.3 Å². The van der Waals surface area contributed by atoms with Crippen molar-refractivity contribution in [2.24, 2.45) is 11.7 Å². The van der Waals surface area contributed by atoms with Crippen LogP contribution in [0, 0.1) is 9.49 Å². The lowest BCUT2D eigenvalue weighted by Crippen LogP contribution is -2.14. The Morgan fingerprint density at radius 2 is 2.08 bits per heavy atom. The van der Waals surface area contributed by atoms with E-state index in [1.807, 2.05) is 12.1 Å². The summed E-state index contributed by atoms with van der Waals surface area (Å²) in [6.07, 6.45) is 2.51. The summed E-state index contributed by atoms with van der Waals surface area (Å²) in [7, 11) is 0. The van der Waals surface area contributed by atoms with E-state index in [-0.39, 0.29) is 6.04 Å². The Kier molecular flexibility index (Phi) is 2.47. The Morgan fingerprint density at radius 1 is 1.38 bits per heavy atom. The lowest BCUT2D eigenvalue weighted by molar-refractivity contribution is 0.635. The van der Waals surface area contributed by atoms with Gasteiger partial charge in [-0.3, -0.25) is 0 Å². The number of benzene rings is 1. The highest BCUT2D eigenvalue weighted by atomic mass is 127. The Hall–Kier alpha value is -0.290. The molecular formula is C10H13IN2. The van der Waals surface area contributed by atoms with Gasteiger partial charge in [-0.1, -0.05) is 0 Å². The maximum absolute atomic E-state index is 6.09. The van der Waals surface area contributed by atoms with E-state index in [1.54, 1.807) is 0 Å². The molecular weight excluding hydrogens is 275 g/mol. The maximum atomic E-state index is 6.09. The first-order chi connectivity index (χ1) is 6.18. The van der Waals surface area contributed by atoms with E-state index in [9.17, 15) is 0 Å². The van der Waals surface area contributed by atoms with Crippen LogP contribution < -0.4 is 11.5 Å². The monoisotopic (exact) mass is 288 g/mol.